The van der Waals surface area contributed by atoms with E-state index in [1.807, 2.05) is 6.07 Å². The Hall–Kier alpha value is -2.57. The summed E-state index contributed by atoms with van der Waals surface area (Å²) in [6, 6.07) is 6.91. The third-order valence-electron chi connectivity index (χ3n) is 2.66. The highest BCUT2D eigenvalue weighted by atomic mass is 16.6. The molecule has 1 unspecified atom stereocenters. The first kappa shape index (κ1) is 12.9. The van der Waals surface area contributed by atoms with Gasteiger partial charge in [0.2, 0.25) is 0 Å². The summed E-state index contributed by atoms with van der Waals surface area (Å²) in [6.45, 7) is -0.135. The van der Waals surface area contributed by atoms with Crippen LogP contribution in [0.25, 0.3) is 0 Å². The van der Waals surface area contributed by atoms with Gasteiger partial charge in [-0.1, -0.05) is 30.3 Å². The van der Waals surface area contributed by atoms with Crippen LogP contribution >= 0.6 is 0 Å². The van der Waals surface area contributed by atoms with Crippen molar-refractivity contribution in [1.29, 1.82) is 0 Å². The molecule has 7 heteroatoms. The molecule has 0 aromatic heterocycles. The van der Waals surface area contributed by atoms with Gasteiger partial charge in [0, 0.05) is 0 Å². The Bertz CT molecular complexity index is 502. The molecule has 0 aliphatic carbocycles. The van der Waals surface area contributed by atoms with Crippen molar-refractivity contribution in [2.75, 3.05) is 6.54 Å². The molecule has 2 N–H and O–H groups in total. The molecule has 2 rings (SSSR count). The monoisotopic (exact) mass is 264 g/mol. The lowest BCUT2D eigenvalue weighted by Gasteiger charge is -2.17. The van der Waals surface area contributed by atoms with Crippen LogP contribution in [-0.2, 0) is 16.1 Å². The molecule has 3 amide bonds. The summed E-state index contributed by atoms with van der Waals surface area (Å²) < 4.78 is 4.93. The van der Waals surface area contributed by atoms with Crippen LogP contribution < -0.4 is 5.32 Å². The predicted octanol–water partition coefficient (Wildman–Crippen LogP) is 0.802. The van der Waals surface area contributed by atoms with Crippen LogP contribution in [0.15, 0.2) is 30.3 Å². The molecule has 0 bridgehead atoms. The van der Waals surface area contributed by atoms with E-state index >= 15 is 0 Å². The maximum atomic E-state index is 11.7. The maximum Gasteiger partial charge on any atom is 0.419 e. The zero-order valence-electron chi connectivity index (χ0n) is 9.91. The van der Waals surface area contributed by atoms with Gasteiger partial charge in [-0.3, -0.25) is 0 Å². The van der Waals surface area contributed by atoms with Crippen LogP contribution in [0, 0.1) is 0 Å². The first-order valence-corrected chi connectivity index (χ1v) is 5.60. The average Bonchev–Trinajstić information content (AvgIpc) is 2.79. The highest BCUT2D eigenvalue weighted by Crippen LogP contribution is 2.11. The number of carboxylic acids is 1. The number of imide groups is 1. The van der Waals surface area contributed by atoms with Crippen molar-refractivity contribution < 1.29 is 24.2 Å². The number of nitrogens with one attached hydrogen (secondary N) is 1. The van der Waals surface area contributed by atoms with Gasteiger partial charge in [0.15, 0.2) is 6.04 Å². The van der Waals surface area contributed by atoms with Gasteiger partial charge in [-0.05, 0) is 5.56 Å². The molecular weight excluding hydrogens is 252 g/mol. The van der Waals surface area contributed by atoms with Crippen molar-refractivity contribution in [2.45, 2.75) is 12.6 Å². The van der Waals surface area contributed by atoms with Crippen LogP contribution in [0.4, 0.5) is 9.59 Å². The first-order chi connectivity index (χ1) is 9.09. The lowest BCUT2D eigenvalue weighted by Crippen LogP contribution is -2.44. The molecule has 1 aromatic rings. The number of rotatable bonds is 3. The molecule has 0 saturated carbocycles. The standard InChI is InChI=1S/C12H12N2O5/c15-10(16)9-6-13-11(17)14(9)12(18)19-7-8-4-2-1-3-5-8/h1-5,9H,6-7H2,(H,13,17)(H,15,16). The summed E-state index contributed by atoms with van der Waals surface area (Å²) in [5.74, 6) is -1.25. The number of hydrogen-bond donors (Lipinski definition) is 2. The summed E-state index contributed by atoms with van der Waals surface area (Å²) in [7, 11) is 0. The Balaban J connectivity index is 1.99. The fourth-order valence-corrected chi connectivity index (χ4v) is 1.70. The molecule has 1 aromatic carbocycles. The third-order valence-corrected chi connectivity index (χ3v) is 2.66. The Morgan fingerprint density at radius 3 is 2.68 bits per heavy atom. The summed E-state index contributed by atoms with van der Waals surface area (Å²) in [5.41, 5.74) is 0.752. The van der Waals surface area contributed by atoms with E-state index in [9.17, 15) is 14.4 Å². The number of urea groups is 1. The minimum Gasteiger partial charge on any atom is -0.480 e. The molecule has 1 heterocycles. The number of hydrogen-bond acceptors (Lipinski definition) is 4. The van der Waals surface area contributed by atoms with Gasteiger partial charge in [0.25, 0.3) is 0 Å². The maximum absolute atomic E-state index is 11.7. The molecule has 19 heavy (non-hydrogen) atoms. The molecule has 1 fully saturated rings. The van der Waals surface area contributed by atoms with Gasteiger partial charge >= 0.3 is 18.1 Å². The molecule has 0 radical (unpaired) electrons. The SMILES string of the molecule is O=C(O)C1CNC(=O)N1C(=O)OCc1ccccc1. The van der Waals surface area contributed by atoms with Crippen LogP contribution in [0.3, 0.4) is 0 Å². The first-order valence-electron chi connectivity index (χ1n) is 5.60. The molecular formula is C12H12N2O5. The molecule has 100 valence electrons. The van der Waals surface area contributed by atoms with Crippen molar-refractivity contribution in [1.82, 2.24) is 10.2 Å². The number of benzene rings is 1. The van der Waals surface area contributed by atoms with Gasteiger partial charge in [-0.25, -0.2) is 19.3 Å². The van der Waals surface area contributed by atoms with Crippen molar-refractivity contribution in [3.05, 3.63) is 35.9 Å². The zero-order chi connectivity index (χ0) is 13.8. The van der Waals surface area contributed by atoms with E-state index in [0.717, 1.165) is 5.56 Å². The molecule has 7 nitrogen and oxygen atoms in total. The van der Waals surface area contributed by atoms with Gasteiger partial charge in [0.05, 0.1) is 6.54 Å². The van der Waals surface area contributed by atoms with E-state index in [2.05, 4.69) is 5.32 Å². The number of carboxylic acid groups (broad SMARTS) is 1. The number of carbonyl (C=O) groups is 3. The van der Waals surface area contributed by atoms with Gasteiger partial charge in [0.1, 0.15) is 6.61 Å². The average molecular weight is 264 g/mol. The van der Waals surface area contributed by atoms with Gasteiger partial charge in [-0.15, -0.1) is 0 Å². The predicted molar refractivity (Wildman–Crippen MR) is 63.3 cm³/mol. The van der Waals surface area contributed by atoms with E-state index in [-0.39, 0.29) is 13.2 Å². The normalized spacial score (nSPS) is 18.0. The molecule has 1 saturated heterocycles. The smallest absolute Gasteiger partial charge is 0.419 e. The van der Waals surface area contributed by atoms with Crippen molar-refractivity contribution >= 4 is 18.1 Å². The topological polar surface area (TPSA) is 95.9 Å². The van der Waals surface area contributed by atoms with Crippen LogP contribution in [-0.4, -0.2) is 40.7 Å². The number of carbonyl (C=O) groups excluding carboxylic acids is 2. The van der Waals surface area contributed by atoms with Crippen LogP contribution in [0.1, 0.15) is 5.56 Å². The van der Waals surface area contributed by atoms with Crippen molar-refractivity contribution in [3.8, 4) is 0 Å². The number of nitrogens with zero attached hydrogens (tertiary/aromatic N) is 1. The van der Waals surface area contributed by atoms with Gasteiger partial charge in [-0.2, -0.15) is 0 Å². The Morgan fingerprint density at radius 2 is 2.05 bits per heavy atom. The lowest BCUT2D eigenvalue weighted by molar-refractivity contribution is -0.140. The Morgan fingerprint density at radius 1 is 1.37 bits per heavy atom. The highest BCUT2D eigenvalue weighted by Gasteiger charge is 2.41. The van der Waals surface area contributed by atoms with Crippen LogP contribution in [0.5, 0.6) is 0 Å². The fraction of sp³-hybridized carbons (Fsp3) is 0.250. The van der Waals surface area contributed by atoms with E-state index < -0.39 is 24.1 Å². The van der Waals surface area contributed by atoms with Crippen LogP contribution in [0.2, 0.25) is 0 Å². The third kappa shape index (κ3) is 2.82. The highest BCUT2D eigenvalue weighted by molar-refractivity contribution is 5.98. The molecule has 1 aliphatic heterocycles. The van der Waals surface area contributed by atoms with Gasteiger partial charge < -0.3 is 15.2 Å². The number of ether oxygens (including phenoxy) is 1. The lowest BCUT2D eigenvalue weighted by atomic mass is 10.2. The summed E-state index contributed by atoms with van der Waals surface area (Å²) in [4.78, 5) is 34.6. The van der Waals surface area contributed by atoms with E-state index in [1.54, 1.807) is 24.3 Å². The van der Waals surface area contributed by atoms with E-state index in [4.69, 9.17) is 9.84 Å². The largest absolute Gasteiger partial charge is 0.480 e. The Labute approximate surface area is 108 Å². The van der Waals surface area contributed by atoms with Crippen molar-refractivity contribution in [2.24, 2.45) is 0 Å². The number of amides is 3. The quantitative estimate of drug-likeness (QED) is 0.841. The number of aliphatic carboxylic acids is 1. The fourth-order valence-electron chi connectivity index (χ4n) is 1.70. The molecule has 0 spiro atoms. The summed E-state index contributed by atoms with van der Waals surface area (Å²) in [5, 5.41) is 11.2. The summed E-state index contributed by atoms with van der Waals surface area (Å²) >= 11 is 0. The van der Waals surface area contributed by atoms with Crippen molar-refractivity contribution in [3.63, 3.8) is 0 Å². The minimum atomic E-state index is -1.25. The second-order valence-corrected chi connectivity index (χ2v) is 3.95. The molecule has 1 atom stereocenters. The minimum absolute atomic E-state index is 0.0181. The molecule has 1 aliphatic rings. The summed E-state index contributed by atoms with van der Waals surface area (Å²) in [6.07, 6.45) is -0.966. The van der Waals surface area contributed by atoms with E-state index in [0.29, 0.717) is 4.90 Å². The zero-order valence-corrected chi connectivity index (χ0v) is 9.91. The second-order valence-electron chi connectivity index (χ2n) is 3.95. The van der Waals surface area contributed by atoms with E-state index in [1.165, 1.54) is 0 Å². The second kappa shape index (κ2) is 5.38. The Kier molecular flexibility index (Phi) is 3.65.